The van der Waals surface area contributed by atoms with Crippen LogP contribution in [0.1, 0.15) is 5.56 Å². The summed E-state index contributed by atoms with van der Waals surface area (Å²) in [7, 11) is 1.61. The quantitative estimate of drug-likeness (QED) is 0.795. The minimum Gasteiger partial charge on any atom is -0.497 e. The number of carbonyl (C=O) groups is 1. The Kier molecular flexibility index (Phi) is 4.78. The molecule has 0 saturated carbocycles. The molecule has 0 aromatic heterocycles. The van der Waals surface area contributed by atoms with Crippen LogP contribution in [0.25, 0.3) is 0 Å². The van der Waals surface area contributed by atoms with Gasteiger partial charge in [0.2, 0.25) is 0 Å². The number of benzene rings is 2. The molecule has 0 unspecified atom stereocenters. The molecule has 1 saturated heterocycles. The fourth-order valence-corrected chi connectivity index (χ4v) is 2.52. The van der Waals surface area contributed by atoms with Crippen molar-refractivity contribution in [3.63, 3.8) is 0 Å². The number of carbonyl (C=O) groups excluding carboxylic acids is 1. The second-order valence-electron chi connectivity index (χ2n) is 5.73. The molecular formula is C18H21N3O2. The van der Waals surface area contributed by atoms with E-state index < -0.39 is 0 Å². The van der Waals surface area contributed by atoms with Crippen molar-refractivity contribution >= 4 is 17.4 Å². The summed E-state index contributed by atoms with van der Waals surface area (Å²) in [5.41, 5.74) is 2.81. The van der Waals surface area contributed by atoms with E-state index in [4.69, 9.17) is 4.74 Å². The molecule has 3 N–H and O–H groups in total. The van der Waals surface area contributed by atoms with Crippen molar-refractivity contribution < 1.29 is 9.53 Å². The molecule has 0 atom stereocenters. The minimum atomic E-state index is -0.258. The Hall–Kier alpha value is -2.53. The van der Waals surface area contributed by atoms with Gasteiger partial charge in [-0.25, -0.2) is 4.79 Å². The Morgan fingerprint density at radius 1 is 1.04 bits per heavy atom. The lowest BCUT2D eigenvalue weighted by molar-refractivity contribution is 0.262. The summed E-state index contributed by atoms with van der Waals surface area (Å²) in [6.45, 7) is 2.20. The highest BCUT2D eigenvalue weighted by Gasteiger charge is 2.16. The summed E-state index contributed by atoms with van der Waals surface area (Å²) in [4.78, 5) is 12.0. The van der Waals surface area contributed by atoms with Crippen LogP contribution in [-0.4, -0.2) is 26.2 Å². The van der Waals surface area contributed by atoms with E-state index in [0.717, 1.165) is 42.6 Å². The first-order chi connectivity index (χ1) is 11.2. The summed E-state index contributed by atoms with van der Waals surface area (Å²) in [6.07, 6.45) is 1.09. The molecule has 0 aliphatic carbocycles. The van der Waals surface area contributed by atoms with Gasteiger partial charge in [-0.3, -0.25) is 0 Å². The lowest BCUT2D eigenvalue weighted by Gasteiger charge is -2.27. The van der Waals surface area contributed by atoms with Crippen LogP contribution < -0.4 is 20.7 Å². The van der Waals surface area contributed by atoms with Crippen molar-refractivity contribution in [1.82, 2.24) is 5.32 Å². The topological polar surface area (TPSA) is 62.4 Å². The summed E-state index contributed by atoms with van der Waals surface area (Å²) in [5, 5.41) is 8.90. The molecular weight excluding hydrogens is 290 g/mol. The average molecular weight is 311 g/mol. The van der Waals surface area contributed by atoms with E-state index in [1.54, 1.807) is 31.4 Å². The molecule has 2 aromatic carbocycles. The normalized spacial score (nSPS) is 14.0. The first-order valence-corrected chi connectivity index (χ1v) is 7.74. The Morgan fingerprint density at radius 3 is 2.09 bits per heavy atom. The lowest BCUT2D eigenvalue weighted by atomic mass is 9.94. The number of amides is 2. The van der Waals surface area contributed by atoms with E-state index in [0.29, 0.717) is 0 Å². The first kappa shape index (κ1) is 15.4. The molecule has 0 spiro atoms. The Morgan fingerprint density at radius 2 is 1.61 bits per heavy atom. The maximum atomic E-state index is 12.0. The highest BCUT2D eigenvalue weighted by atomic mass is 16.5. The van der Waals surface area contributed by atoms with Gasteiger partial charge in [-0.05, 0) is 67.4 Å². The molecule has 3 rings (SSSR count). The number of anilines is 2. The van der Waals surface area contributed by atoms with Gasteiger partial charge in [0.25, 0.3) is 0 Å². The van der Waals surface area contributed by atoms with Crippen molar-refractivity contribution in [3.05, 3.63) is 54.1 Å². The molecule has 23 heavy (non-hydrogen) atoms. The third-order valence-electron chi connectivity index (χ3n) is 3.95. The number of rotatable bonds is 5. The molecule has 1 heterocycles. The summed E-state index contributed by atoms with van der Waals surface area (Å²) < 4.78 is 5.09. The van der Waals surface area contributed by atoms with Gasteiger partial charge in [0.15, 0.2) is 0 Å². The zero-order valence-electron chi connectivity index (χ0n) is 13.1. The molecule has 0 bridgehead atoms. The summed E-state index contributed by atoms with van der Waals surface area (Å²) >= 11 is 0. The van der Waals surface area contributed by atoms with Gasteiger partial charge in [0.1, 0.15) is 5.75 Å². The average Bonchev–Trinajstić information content (AvgIpc) is 2.53. The van der Waals surface area contributed by atoms with Gasteiger partial charge in [-0.2, -0.15) is 0 Å². The van der Waals surface area contributed by atoms with Gasteiger partial charge in [0, 0.05) is 11.4 Å². The molecule has 5 heteroatoms. The van der Waals surface area contributed by atoms with E-state index in [-0.39, 0.29) is 6.03 Å². The fourth-order valence-electron chi connectivity index (χ4n) is 2.52. The molecule has 1 aliphatic heterocycles. The monoisotopic (exact) mass is 311 g/mol. The van der Waals surface area contributed by atoms with E-state index in [1.807, 2.05) is 12.1 Å². The Labute approximate surface area is 136 Å². The van der Waals surface area contributed by atoms with Crippen molar-refractivity contribution in [2.24, 2.45) is 5.92 Å². The van der Waals surface area contributed by atoms with E-state index >= 15 is 0 Å². The predicted octanol–water partition coefficient (Wildman–Crippen LogP) is 3.10. The predicted molar refractivity (Wildman–Crippen MR) is 92.1 cm³/mol. The molecule has 2 amide bonds. The van der Waals surface area contributed by atoms with Crippen LogP contribution in [0.4, 0.5) is 16.2 Å². The largest absolute Gasteiger partial charge is 0.497 e. The first-order valence-electron chi connectivity index (χ1n) is 7.74. The highest BCUT2D eigenvalue weighted by molar-refractivity contribution is 5.99. The van der Waals surface area contributed by atoms with E-state index in [2.05, 4.69) is 28.1 Å². The minimum absolute atomic E-state index is 0.258. The van der Waals surface area contributed by atoms with Crippen LogP contribution in [0.5, 0.6) is 5.75 Å². The SMILES string of the molecule is COc1ccc(NC(=O)Nc2ccc(CC3CNC3)cc2)cc1. The van der Waals surface area contributed by atoms with Crippen LogP contribution in [0.2, 0.25) is 0 Å². The number of urea groups is 1. The number of ether oxygens (including phenoxy) is 1. The Balaban J connectivity index is 1.52. The molecule has 2 aromatic rings. The second-order valence-corrected chi connectivity index (χ2v) is 5.73. The maximum Gasteiger partial charge on any atom is 0.323 e. The van der Waals surface area contributed by atoms with Crippen molar-refractivity contribution in [1.29, 1.82) is 0 Å². The van der Waals surface area contributed by atoms with Crippen LogP contribution in [0.3, 0.4) is 0 Å². The van der Waals surface area contributed by atoms with Gasteiger partial charge in [-0.1, -0.05) is 12.1 Å². The smallest absolute Gasteiger partial charge is 0.323 e. The van der Waals surface area contributed by atoms with Crippen molar-refractivity contribution in [2.45, 2.75) is 6.42 Å². The number of methoxy groups -OCH3 is 1. The van der Waals surface area contributed by atoms with Crippen LogP contribution >= 0.6 is 0 Å². The highest BCUT2D eigenvalue weighted by Crippen LogP contribution is 2.17. The van der Waals surface area contributed by atoms with E-state index in [1.165, 1.54) is 5.56 Å². The number of hydrogen-bond donors (Lipinski definition) is 3. The third kappa shape index (κ3) is 4.23. The van der Waals surface area contributed by atoms with Gasteiger partial charge in [0.05, 0.1) is 7.11 Å². The standard InChI is InChI=1S/C18H21N3O2/c1-23-17-8-6-16(7-9-17)21-18(22)20-15-4-2-13(3-5-15)10-14-11-19-12-14/h2-9,14,19H,10-12H2,1H3,(H2,20,21,22). The number of hydrogen-bond acceptors (Lipinski definition) is 3. The molecule has 0 radical (unpaired) electrons. The van der Waals surface area contributed by atoms with Crippen molar-refractivity contribution in [3.8, 4) is 5.75 Å². The fraction of sp³-hybridized carbons (Fsp3) is 0.278. The molecule has 120 valence electrons. The third-order valence-corrected chi connectivity index (χ3v) is 3.95. The summed E-state index contributed by atoms with van der Waals surface area (Å²) in [5.74, 6) is 1.50. The lowest BCUT2D eigenvalue weighted by Crippen LogP contribution is -2.43. The molecule has 5 nitrogen and oxygen atoms in total. The second kappa shape index (κ2) is 7.15. The molecule has 1 aliphatic rings. The van der Waals surface area contributed by atoms with Crippen molar-refractivity contribution in [2.75, 3.05) is 30.8 Å². The van der Waals surface area contributed by atoms with Crippen LogP contribution in [0.15, 0.2) is 48.5 Å². The summed E-state index contributed by atoms with van der Waals surface area (Å²) in [6, 6.07) is 15.0. The zero-order chi connectivity index (χ0) is 16.1. The van der Waals surface area contributed by atoms with Crippen LogP contribution in [0, 0.1) is 5.92 Å². The Bertz CT molecular complexity index is 649. The molecule has 1 fully saturated rings. The zero-order valence-corrected chi connectivity index (χ0v) is 13.1. The number of nitrogens with one attached hydrogen (secondary N) is 3. The van der Waals surface area contributed by atoms with Crippen LogP contribution in [-0.2, 0) is 6.42 Å². The van der Waals surface area contributed by atoms with Gasteiger partial charge in [-0.15, -0.1) is 0 Å². The van der Waals surface area contributed by atoms with Gasteiger partial charge >= 0.3 is 6.03 Å². The van der Waals surface area contributed by atoms with Gasteiger partial charge < -0.3 is 20.7 Å². The maximum absolute atomic E-state index is 12.0. The van der Waals surface area contributed by atoms with E-state index in [9.17, 15) is 4.79 Å².